The van der Waals surface area contributed by atoms with Gasteiger partial charge in [0.15, 0.2) is 0 Å². The predicted molar refractivity (Wildman–Crippen MR) is 101 cm³/mol. The highest BCUT2D eigenvalue weighted by molar-refractivity contribution is 6.07. The van der Waals surface area contributed by atoms with E-state index < -0.39 is 6.10 Å². The first-order valence-electron chi connectivity index (χ1n) is 8.49. The van der Waals surface area contributed by atoms with Gasteiger partial charge in [-0.1, -0.05) is 23.8 Å². The fraction of sp³-hybridized carbons (Fsp3) is 0.238. The number of aliphatic hydroxyl groups excluding tert-OH is 1. The van der Waals surface area contributed by atoms with Crippen molar-refractivity contribution in [2.24, 2.45) is 0 Å². The van der Waals surface area contributed by atoms with Crippen molar-refractivity contribution in [1.82, 2.24) is 10.3 Å². The Balaban J connectivity index is 1.86. The Kier molecular flexibility index (Phi) is 4.91. The number of phenolic OH excluding ortho intramolecular Hbond substituents is 1. The summed E-state index contributed by atoms with van der Waals surface area (Å²) in [6.07, 6.45) is -0.851. The number of hydrogen-bond acceptors (Lipinski definition) is 4. The number of fused-ring (bicyclic) bond motifs is 1. The molecule has 0 aliphatic carbocycles. The SMILES string of the molecule is Cc1ccc2nc(C)c(C)c(C(=O)NCC(O)c3ccc(O)cc3)c2c1. The number of benzene rings is 2. The van der Waals surface area contributed by atoms with Gasteiger partial charge in [-0.3, -0.25) is 9.78 Å². The van der Waals surface area contributed by atoms with Gasteiger partial charge in [0.2, 0.25) is 0 Å². The molecule has 3 aromatic rings. The van der Waals surface area contributed by atoms with Crippen molar-refractivity contribution in [3.05, 3.63) is 70.4 Å². The second kappa shape index (κ2) is 7.14. The molecule has 0 fully saturated rings. The van der Waals surface area contributed by atoms with Gasteiger partial charge in [0, 0.05) is 17.6 Å². The number of nitrogens with one attached hydrogen (secondary N) is 1. The molecule has 0 bridgehead atoms. The minimum Gasteiger partial charge on any atom is -0.508 e. The number of aryl methyl sites for hydroxylation is 2. The lowest BCUT2D eigenvalue weighted by molar-refractivity contribution is 0.0917. The number of phenols is 1. The number of hydrogen-bond donors (Lipinski definition) is 3. The molecule has 1 heterocycles. The molecule has 1 atom stereocenters. The summed E-state index contributed by atoms with van der Waals surface area (Å²) in [7, 11) is 0. The molecule has 0 spiro atoms. The first-order chi connectivity index (χ1) is 12.4. The normalized spacial score (nSPS) is 12.2. The molecule has 0 saturated carbocycles. The minimum atomic E-state index is -0.851. The number of aliphatic hydroxyl groups is 1. The summed E-state index contributed by atoms with van der Waals surface area (Å²) in [4.78, 5) is 17.4. The molecule has 1 aromatic heterocycles. The fourth-order valence-electron chi connectivity index (χ4n) is 2.98. The summed E-state index contributed by atoms with van der Waals surface area (Å²) >= 11 is 0. The summed E-state index contributed by atoms with van der Waals surface area (Å²) in [5.74, 6) is -0.101. The average Bonchev–Trinajstić information content (AvgIpc) is 2.61. The molecule has 3 N–H and O–H groups in total. The predicted octanol–water partition coefficient (Wildman–Crippen LogP) is 3.33. The molecule has 26 heavy (non-hydrogen) atoms. The van der Waals surface area contributed by atoms with Gasteiger partial charge in [-0.05, 0) is 56.2 Å². The Hall–Kier alpha value is -2.92. The van der Waals surface area contributed by atoms with Crippen LogP contribution in [-0.2, 0) is 0 Å². The highest BCUT2D eigenvalue weighted by atomic mass is 16.3. The minimum absolute atomic E-state index is 0.0811. The molecule has 3 rings (SSSR count). The molecule has 0 radical (unpaired) electrons. The van der Waals surface area contributed by atoms with Gasteiger partial charge < -0.3 is 15.5 Å². The zero-order valence-corrected chi connectivity index (χ0v) is 15.1. The van der Waals surface area contributed by atoms with Gasteiger partial charge in [0.1, 0.15) is 5.75 Å². The van der Waals surface area contributed by atoms with E-state index in [9.17, 15) is 15.0 Å². The zero-order valence-electron chi connectivity index (χ0n) is 15.1. The van der Waals surface area contributed by atoms with E-state index in [0.717, 1.165) is 27.7 Å². The van der Waals surface area contributed by atoms with Crippen LogP contribution in [0.2, 0.25) is 0 Å². The summed E-state index contributed by atoms with van der Waals surface area (Å²) in [5, 5.41) is 23.2. The van der Waals surface area contributed by atoms with Crippen LogP contribution in [0, 0.1) is 20.8 Å². The number of aromatic hydroxyl groups is 1. The summed E-state index contributed by atoms with van der Waals surface area (Å²) in [5.41, 5.74) is 4.70. The Morgan fingerprint density at radius 1 is 1.12 bits per heavy atom. The first kappa shape index (κ1) is 17.9. The fourth-order valence-corrected chi connectivity index (χ4v) is 2.98. The van der Waals surface area contributed by atoms with E-state index in [1.54, 1.807) is 12.1 Å². The van der Waals surface area contributed by atoms with Crippen LogP contribution in [0.15, 0.2) is 42.5 Å². The lowest BCUT2D eigenvalue weighted by Gasteiger charge is -2.16. The number of amides is 1. The first-order valence-corrected chi connectivity index (χ1v) is 8.49. The second-order valence-electron chi connectivity index (χ2n) is 6.54. The van der Waals surface area contributed by atoms with Crippen molar-refractivity contribution in [2.45, 2.75) is 26.9 Å². The van der Waals surface area contributed by atoms with Gasteiger partial charge in [-0.15, -0.1) is 0 Å². The molecular formula is C21H22N2O3. The van der Waals surface area contributed by atoms with Crippen LogP contribution in [0.4, 0.5) is 0 Å². The molecule has 1 amide bonds. The van der Waals surface area contributed by atoms with Gasteiger partial charge in [0.05, 0.1) is 17.2 Å². The number of nitrogens with zero attached hydrogens (tertiary/aromatic N) is 1. The Labute approximate surface area is 152 Å². The Bertz CT molecular complexity index is 965. The monoisotopic (exact) mass is 350 g/mol. The van der Waals surface area contributed by atoms with Gasteiger partial charge >= 0.3 is 0 Å². The molecule has 0 saturated heterocycles. The quantitative estimate of drug-likeness (QED) is 0.674. The molecule has 1 unspecified atom stereocenters. The van der Waals surface area contributed by atoms with Crippen LogP contribution in [0.3, 0.4) is 0 Å². The molecular weight excluding hydrogens is 328 g/mol. The highest BCUT2D eigenvalue weighted by Crippen LogP contribution is 2.24. The van der Waals surface area contributed by atoms with E-state index in [2.05, 4.69) is 10.3 Å². The van der Waals surface area contributed by atoms with Gasteiger partial charge in [-0.25, -0.2) is 0 Å². The third kappa shape index (κ3) is 3.53. The van der Waals surface area contributed by atoms with Gasteiger partial charge in [0.25, 0.3) is 5.91 Å². The van der Waals surface area contributed by atoms with Crippen molar-refractivity contribution in [3.63, 3.8) is 0 Å². The standard InChI is InChI=1S/C21H22N2O3/c1-12-4-9-18-17(10-12)20(13(2)14(3)23-18)21(26)22-11-19(25)15-5-7-16(24)8-6-15/h4-10,19,24-25H,11H2,1-3H3,(H,22,26). The third-order valence-electron chi connectivity index (χ3n) is 4.59. The van der Waals surface area contributed by atoms with Crippen LogP contribution in [0.5, 0.6) is 5.75 Å². The molecule has 5 heteroatoms. The average molecular weight is 350 g/mol. The smallest absolute Gasteiger partial charge is 0.252 e. The van der Waals surface area contributed by atoms with Crippen LogP contribution >= 0.6 is 0 Å². The van der Waals surface area contributed by atoms with E-state index in [4.69, 9.17) is 0 Å². The topological polar surface area (TPSA) is 82.5 Å². The van der Waals surface area contributed by atoms with E-state index in [0.29, 0.717) is 11.1 Å². The largest absolute Gasteiger partial charge is 0.508 e. The van der Waals surface area contributed by atoms with Crippen molar-refractivity contribution in [3.8, 4) is 5.75 Å². The van der Waals surface area contributed by atoms with Crippen molar-refractivity contribution >= 4 is 16.8 Å². The van der Waals surface area contributed by atoms with Crippen LogP contribution in [-0.4, -0.2) is 27.6 Å². The maximum atomic E-state index is 12.8. The maximum Gasteiger partial charge on any atom is 0.252 e. The van der Waals surface area contributed by atoms with E-state index >= 15 is 0 Å². The number of aromatic nitrogens is 1. The van der Waals surface area contributed by atoms with Crippen molar-refractivity contribution < 1.29 is 15.0 Å². The van der Waals surface area contributed by atoms with Crippen LogP contribution < -0.4 is 5.32 Å². The van der Waals surface area contributed by atoms with E-state index in [1.165, 1.54) is 12.1 Å². The molecule has 0 aliphatic heterocycles. The zero-order chi connectivity index (χ0) is 18.8. The number of carbonyl (C=O) groups excluding carboxylic acids is 1. The molecule has 2 aromatic carbocycles. The van der Waals surface area contributed by atoms with Crippen LogP contribution in [0.25, 0.3) is 10.9 Å². The second-order valence-corrected chi connectivity index (χ2v) is 6.54. The van der Waals surface area contributed by atoms with Crippen molar-refractivity contribution in [1.29, 1.82) is 0 Å². The summed E-state index contributed by atoms with van der Waals surface area (Å²) in [6, 6.07) is 12.1. The lowest BCUT2D eigenvalue weighted by atomic mass is 9.99. The highest BCUT2D eigenvalue weighted by Gasteiger charge is 2.18. The molecule has 134 valence electrons. The molecule has 5 nitrogen and oxygen atoms in total. The van der Waals surface area contributed by atoms with Crippen LogP contribution in [0.1, 0.15) is 38.8 Å². The van der Waals surface area contributed by atoms with Crippen molar-refractivity contribution in [2.75, 3.05) is 6.54 Å². The Morgan fingerprint density at radius 2 is 1.81 bits per heavy atom. The van der Waals surface area contributed by atoms with E-state index in [1.807, 2.05) is 39.0 Å². The molecule has 0 aliphatic rings. The number of carbonyl (C=O) groups is 1. The summed E-state index contributed by atoms with van der Waals surface area (Å²) < 4.78 is 0. The summed E-state index contributed by atoms with van der Waals surface area (Å²) in [6.45, 7) is 5.83. The van der Waals surface area contributed by atoms with Gasteiger partial charge in [-0.2, -0.15) is 0 Å². The lowest BCUT2D eigenvalue weighted by Crippen LogP contribution is -2.29. The third-order valence-corrected chi connectivity index (χ3v) is 4.59. The Morgan fingerprint density at radius 3 is 2.50 bits per heavy atom. The van der Waals surface area contributed by atoms with E-state index in [-0.39, 0.29) is 18.2 Å². The number of pyridine rings is 1. The number of rotatable bonds is 4. The maximum absolute atomic E-state index is 12.8.